The van der Waals surface area contributed by atoms with Crippen molar-refractivity contribution >= 4 is 35.5 Å². The highest BCUT2D eigenvalue weighted by Crippen LogP contribution is 2.66. The second-order valence-corrected chi connectivity index (χ2v) is 19.3. The van der Waals surface area contributed by atoms with Crippen LogP contribution in [0.1, 0.15) is 89.0 Å². The maximum atomic E-state index is 15.8. The van der Waals surface area contributed by atoms with Crippen LogP contribution in [0.2, 0.25) is 0 Å². The van der Waals surface area contributed by atoms with Crippen molar-refractivity contribution in [2.75, 3.05) is 41.5 Å². The first kappa shape index (κ1) is 43.7. The quantitative estimate of drug-likeness (QED) is 0.124. The van der Waals surface area contributed by atoms with E-state index in [4.69, 9.17) is 33.2 Å². The van der Waals surface area contributed by atoms with Gasteiger partial charge in [-0.1, -0.05) is 34.6 Å². The summed E-state index contributed by atoms with van der Waals surface area (Å²) in [6, 6.07) is -0.352. The molecule has 53 heavy (non-hydrogen) atoms. The molecule has 0 spiro atoms. The van der Waals surface area contributed by atoms with Crippen LogP contribution in [0.5, 0.6) is 0 Å². The number of carbonyl (C=O) groups excluding carboxylic acids is 4. The molecular weight excluding hydrogens is 706 g/mol. The topological polar surface area (TPSA) is 156 Å². The summed E-state index contributed by atoms with van der Waals surface area (Å²) in [6.07, 6.45) is -4.83. The van der Waals surface area contributed by atoms with Gasteiger partial charge in [-0.3, -0.25) is 9.59 Å². The van der Waals surface area contributed by atoms with Crippen LogP contribution in [0.15, 0.2) is 11.1 Å². The molecule has 4 rings (SSSR count). The number of rotatable bonds is 13. The average Bonchev–Trinajstić information content (AvgIpc) is 3.02. The number of aliphatic hydroxyl groups is 1. The summed E-state index contributed by atoms with van der Waals surface area (Å²) in [4.78, 5) is 57.1. The number of Topliss-reactive ketones (excluding diaryl/α,β-unsaturated/α-hetero) is 1. The number of ether oxygens (including phenoxy) is 7. The average molecular weight is 770 g/mol. The predicted molar refractivity (Wildman–Crippen MR) is 198 cm³/mol. The molecule has 0 amide bonds. The van der Waals surface area contributed by atoms with Crippen molar-refractivity contribution in [2.24, 2.45) is 22.7 Å². The third-order valence-electron chi connectivity index (χ3n) is 12.6. The van der Waals surface area contributed by atoms with Gasteiger partial charge in [-0.15, -0.1) is 11.8 Å². The molecule has 2 saturated carbocycles. The number of nitrogens with zero attached hydrogens (tertiary/aromatic N) is 1. The van der Waals surface area contributed by atoms with Gasteiger partial charge >= 0.3 is 17.9 Å². The normalized spacial score (nSPS) is 36.4. The summed E-state index contributed by atoms with van der Waals surface area (Å²) in [6.45, 7) is 19.7. The summed E-state index contributed by atoms with van der Waals surface area (Å²) < 4.78 is 42.4. The van der Waals surface area contributed by atoms with Crippen LogP contribution in [-0.4, -0.2) is 133 Å². The van der Waals surface area contributed by atoms with Gasteiger partial charge in [0.25, 0.3) is 0 Å². The molecule has 1 aliphatic heterocycles. The van der Waals surface area contributed by atoms with E-state index in [1.54, 1.807) is 25.6 Å². The summed E-state index contributed by atoms with van der Waals surface area (Å²) in [5, 5.41) is 13.6. The van der Waals surface area contributed by atoms with Crippen molar-refractivity contribution in [3.05, 3.63) is 11.1 Å². The number of hydrogen-bond acceptors (Lipinski definition) is 14. The number of ketones is 1. The van der Waals surface area contributed by atoms with E-state index in [1.165, 1.54) is 21.1 Å². The molecular formula is C39H63NO12S. The maximum Gasteiger partial charge on any atom is 0.337 e. The van der Waals surface area contributed by atoms with E-state index < -0.39 is 99.6 Å². The molecule has 13 nitrogen and oxygen atoms in total. The monoisotopic (exact) mass is 769 g/mol. The van der Waals surface area contributed by atoms with Gasteiger partial charge in [0, 0.05) is 56.6 Å². The van der Waals surface area contributed by atoms with Gasteiger partial charge < -0.3 is 43.2 Å². The summed E-state index contributed by atoms with van der Waals surface area (Å²) in [5.41, 5.74) is -4.95. The first-order valence-corrected chi connectivity index (χ1v) is 19.5. The summed E-state index contributed by atoms with van der Waals surface area (Å²) in [7, 11) is 6.43. The van der Waals surface area contributed by atoms with Gasteiger partial charge in [0.1, 0.15) is 23.7 Å². The zero-order valence-corrected chi connectivity index (χ0v) is 35.1. The predicted octanol–water partition coefficient (Wildman–Crippen LogP) is 4.11. The van der Waals surface area contributed by atoms with Crippen molar-refractivity contribution in [1.82, 2.24) is 4.90 Å². The molecule has 302 valence electrons. The van der Waals surface area contributed by atoms with E-state index in [0.717, 1.165) is 0 Å². The van der Waals surface area contributed by atoms with E-state index in [9.17, 15) is 19.5 Å². The largest absolute Gasteiger partial charge is 0.456 e. The van der Waals surface area contributed by atoms with Crippen molar-refractivity contribution in [3.63, 3.8) is 0 Å². The lowest BCUT2D eigenvalue weighted by atomic mass is 9.42. The van der Waals surface area contributed by atoms with E-state index >= 15 is 4.79 Å². The molecule has 3 fully saturated rings. The molecule has 2 bridgehead atoms. The van der Waals surface area contributed by atoms with Crippen molar-refractivity contribution < 1.29 is 57.4 Å². The van der Waals surface area contributed by atoms with Crippen LogP contribution in [0.4, 0.5) is 0 Å². The van der Waals surface area contributed by atoms with Gasteiger partial charge in [-0.2, -0.15) is 0 Å². The van der Waals surface area contributed by atoms with Crippen molar-refractivity contribution in [3.8, 4) is 0 Å². The van der Waals surface area contributed by atoms with E-state index in [0.29, 0.717) is 11.1 Å². The lowest BCUT2D eigenvalue weighted by Crippen LogP contribution is -2.80. The molecule has 3 aliphatic carbocycles. The van der Waals surface area contributed by atoms with E-state index in [1.807, 2.05) is 60.5 Å². The highest BCUT2D eigenvalue weighted by molar-refractivity contribution is 8.01. The Morgan fingerprint density at radius 3 is 2.21 bits per heavy atom. The van der Waals surface area contributed by atoms with E-state index in [-0.39, 0.29) is 30.7 Å². The zero-order chi connectivity index (χ0) is 40.2. The van der Waals surface area contributed by atoms with Gasteiger partial charge in [-0.05, 0) is 65.8 Å². The SMILES string of the molecule is COCC(=O)OC1C(=O)[C@]2(C)C(OC(C)(C)SC(C)C)CC3OCC3(OC(C)=O)C2[C@H](C)C2(O)CC(OC(=O)C(OC)C(C)N(C)C)C(C)=C1C2(C)C. The number of fused-ring (bicyclic) bond motifs is 5. The van der Waals surface area contributed by atoms with Crippen LogP contribution in [0.3, 0.4) is 0 Å². The van der Waals surface area contributed by atoms with Gasteiger partial charge in [0.05, 0.1) is 23.7 Å². The molecule has 0 radical (unpaired) electrons. The van der Waals surface area contributed by atoms with Crippen LogP contribution < -0.4 is 0 Å². The fourth-order valence-electron chi connectivity index (χ4n) is 9.92. The summed E-state index contributed by atoms with van der Waals surface area (Å²) in [5.74, 6) is -4.15. The van der Waals surface area contributed by atoms with Crippen molar-refractivity contribution in [2.45, 2.75) is 147 Å². The molecule has 0 aromatic carbocycles. The molecule has 14 heteroatoms. The number of carbonyl (C=O) groups is 4. The molecule has 1 saturated heterocycles. The number of hydrogen-bond donors (Lipinski definition) is 1. The Bertz CT molecular complexity index is 1460. The van der Waals surface area contributed by atoms with Gasteiger partial charge in [-0.25, -0.2) is 9.59 Å². The van der Waals surface area contributed by atoms with E-state index in [2.05, 4.69) is 13.8 Å². The number of likely N-dealkylation sites (N-methyl/N-ethyl adjacent to an activating group) is 1. The Balaban J connectivity index is 2.03. The smallest absolute Gasteiger partial charge is 0.337 e. The second-order valence-electron chi connectivity index (χ2n) is 17.1. The second kappa shape index (κ2) is 15.5. The minimum absolute atomic E-state index is 0.00526. The molecule has 4 aliphatic rings. The number of esters is 3. The summed E-state index contributed by atoms with van der Waals surface area (Å²) >= 11 is 1.60. The van der Waals surface area contributed by atoms with Crippen LogP contribution in [-0.2, 0) is 52.3 Å². The first-order chi connectivity index (χ1) is 24.4. The lowest BCUT2D eigenvalue weighted by molar-refractivity contribution is -0.344. The molecule has 0 aromatic heterocycles. The number of methoxy groups -OCH3 is 2. The van der Waals surface area contributed by atoms with Crippen LogP contribution in [0, 0.1) is 22.7 Å². The maximum absolute atomic E-state index is 15.8. The standard InChI is InChI=1S/C39H63NO12S/c1-20(2)53-36(9,10)52-26-16-27-38(19-48-27,51-24(6)41)32-22(4)39(45)17-25(49-34(44)30(47-15)23(5)40(12)13)21(3)29(35(39,7)8)31(33(43)37(26,32)11)50-28(42)18-46-14/h20,22-23,25-27,30-32,45H,16-19H2,1-15H3/t22-,23?,25?,26?,27?,30?,31?,32?,37+,38?,39?/m0/s1. The highest BCUT2D eigenvalue weighted by Gasteiger charge is 2.77. The molecule has 1 N–H and O–H groups in total. The van der Waals surface area contributed by atoms with Crippen LogP contribution in [0.25, 0.3) is 0 Å². The first-order valence-electron chi connectivity index (χ1n) is 18.6. The van der Waals surface area contributed by atoms with Gasteiger partial charge in [0.2, 0.25) is 0 Å². The lowest BCUT2D eigenvalue weighted by Gasteiger charge is -2.68. The Labute approximate surface area is 319 Å². The molecule has 11 atom stereocenters. The fourth-order valence-corrected chi connectivity index (χ4v) is 11.2. The van der Waals surface area contributed by atoms with Crippen LogP contribution >= 0.6 is 11.8 Å². The third kappa shape index (κ3) is 7.47. The fraction of sp³-hybridized carbons (Fsp3) is 0.846. The minimum Gasteiger partial charge on any atom is -0.456 e. The highest BCUT2D eigenvalue weighted by atomic mass is 32.2. The minimum atomic E-state index is -1.72. The molecule has 1 heterocycles. The molecule has 0 aromatic rings. The Kier molecular flexibility index (Phi) is 12.7. The van der Waals surface area contributed by atoms with Gasteiger partial charge in [0.15, 0.2) is 23.6 Å². The van der Waals surface area contributed by atoms with Crippen molar-refractivity contribution in [1.29, 1.82) is 0 Å². The zero-order valence-electron chi connectivity index (χ0n) is 34.3. The third-order valence-corrected chi connectivity index (χ3v) is 13.7. The Morgan fingerprint density at radius 2 is 1.72 bits per heavy atom. The Morgan fingerprint density at radius 1 is 1.09 bits per heavy atom. The number of thioether (sulfide) groups is 1. The Hall–Kier alpha value is -2.07. The molecule has 9 unspecified atom stereocenters.